The van der Waals surface area contributed by atoms with E-state index in [0.29, 0.717) is 23.3 Å². The van der Waals surface area contributed by atoms with Gasteiger partial charge in [-0.25, -0.2) is 0 Å². The number of methoxy groups -OCH3 is 1. The summed E-state index contributed by atoms with van der Waals surface area (Å²) in [5, 5.41) is 10.8. The third-order valence-corrected chi connectivity index (χ3v) is 1.87. The van der Waals surface area contributed by atoms with E-state index in [0.717, 1.165) is 0 Å². The van der Waals surface area contributed by atoms with Gasteiger partial charge in [-0.15, -0.1) is 0 Å². The molecule has 1 N–H and O–H groups in total. The minimum atomic E-state index is -0.441. The maximum Gasteiger partial charge on any atom is 0.238 e. The second-order valence-corrected chi connectivity index (χ2v) is 2.96. The maximum atomic E-state index is 11.2. The molecule has 0 saturated carbocycles. The summed E-state index contributed by atoms with van der Waals surface area (Å²) in [6.07, 6.45) is 0.424. The zero-order chi connectivity index (χ0) is 12.0. The topological polar surface area (TPSA) is 79.2 Å². The number of nitrogens with one attached hydrogen (secondary N) is 1. The van der Waals surface area contributed by atoms with Crippen LogP contribution in [0.5, 0.6) is 5.75 Å². The van der Waals surface area contributed by atoms with Gasteiger partial charge in [0.15, 0.2) is 0 Å². The predicted octanol–water partition coefficient (Wildman–Crippen LogP) is 1.36. The summed E-state index contributed by atoms with van der Waals surface area (Å²) in [6, 6.07) is 6.37. The molecule has 82 valence electrons. The van der Waals surface area contributed by atoms with E-state index in [9.17, 15) is 9.59 Å². The molecule has 0 spiro atoms. The highest BCUT2D eigenvalue weighted by Gasteiger charge is 2.07. The van der Waals surface area contributed by atoms with Crippen LogP contribution in [0.2, 0.25) is 0 Å². The van der Waals surface area contributed by atoms with E-state index in [1.54, 1.807) is 18.2 Å². The summed E-state index contributed by atoms with van der Waals surface area (Å²) in [6.45, 7) is 0. The van der Waals surface area contributed by atoms with E-state index in [1.807, 2.05) is 0 Å². The Bertz CT molecular complexity index is 449. The summed E-state index contributed by atoms with van der Waals surface area (Å²) < 4.78 is 5.01. The number of anilines is 1. The Morgan fingerprint density at radius 3 is 2.94 bits per heavy atom. The SMILES string of the molecule is COc1ccc(C=O)cc1NC(=O)CC#N. The van der Waals surface area contributed by atoms with Crippen molar-refractivity contribution < 1.29 is 14.3 Å². The zero-order valence-corrected chi connectivity index (χ0v) is 8.69. The van der Waals surface area contributed by atoms with Crippen molar-refractivity contribution >= 4 is 17.9 Å². The zero-order valence-electron chi connectivity index (χ0n) is 8.69. The molecule has 0 atom stereocenters. The van der Waals surface area contributed by atoms with Gasteiger partial charge in [0, 0.05) is 5.56 Å². The van der Waals surface area contributed by atoms with Gasteiger partial charge in [-0.05, 0) is 18.2 Å². The van der Waals surface area contributed by atoms with Gasteiger partial charge in [-0.2, -0.15) is 5.26 Å². The summed E-state index contributed by atoms with van der Waals surface area (Å²) >= 11 is 0. The Kier molecular flexibility index (Phi) is 4.04. The number of carbonyl (C=O) groups excluding carboxylic acids is 2. The summed E-state index contributed by atoms with van der Waals surface area (Å²) in [7, 11) is 1.45. The highest BCUT2D eigenvalue weighted by molar-refractivity contribution is 5.94. The Morgan fingerprint density at radius 1 is 1.62 bits per heavy atom. The molecule has 0 fully saturated rings. The third-order valence-electron chi connectivity index (χ3n) is 1.87. The lowest BCUT2D eigenvalue weighted by molar-refractivity contribution is -0.115. The number of carbonyl (C=O) groups is 2. The Balaban J connectivity index is 2.96. The lowest BCUT2D eigenvalue weighted by Gasteiger charge is -2.09. The van der Waals surface area contributed by atoms with Crippen molar-refractivity contribution in [3.8, 4) is 11.8 Å². The van der Waals surface area contributed by atoms with E-state index in [-0.39, 0.29) is 6.42 Å². The molecule has 0 aliphatic carbocycles. The Labute approximate surface area is 92.6 Å². The van der Waals surface area contributed by atoms with Crippen molar-refractivity contribution in [2.24, 2.45) is 0 Å². The van der Waals surface area contributed by atoms with Crippen LogP contribution in [0.4, 0.5) is 5.69 Å². The lowest BCUT2D eigenvalue weighted by atomic mass is 10.2. The summed E-state index contributed by atoms with van der Waals surface area (Å²) in [5.74, 6) is 0.000684. The van der Waals surface area contributed by atoms with Crippen molar-refractivity contribution in [1.29, 1.82) is 5.26 Å². The molecule has 16 heavy (non-hydrogen) atoms. The van der Waals surface area contributed by atoms with Gasteiger partial charge < -0.3 is 10.1 Å². The number of ether oxygens (including phenoxy) is 1. The van der Waals surface area contributed by atoms with Crippen LogP contribution < -0.4 is 10.1 Å². The standard InChI is InChI=1S/C11H10N2O3/c1-16-10-3-2-8(7-14)6-9(10)13-11(15)4-5-12/h2-3,6-7H,4H2,1H3,(H,13,15). The van der Waals surface area contributed by atoms with Crippen LogP contribution in [-0.2, 0) is 4.79 Å². The molecule has 1 rings (SSSR count). The maximum absolute atomic E-state index is 11.2. The normalized spacial score (nSPS) is 9.00. The number of nitriles is 1. The molecule has 0 radical (unpaired) electrons. The fourth-order valence-corrected chi connectivity index (χ4v) is 1.16. The fraction of sp³-hybridized carbons (Fsp3) is 0.182. The molecular weight excluding hydrogens is 208 g/mol. The molecular formula is C11H10N2O3. The molecule has 0 aliphatic rings. The molecule has 1 aromatic rings. The molecule has 5 heteroatoms. The molecule has 1 aromatic carbocycles. The fourth-order valence-electron chi connectivity index (χ4n) is 1.16. The van der Waals surface area contributed by atoms with Crippen molar-refractivity contribution in [3.05, 3.63) is 23.8 Å². The van der Waals surface area contributed by atoms with Crippen LogP contribution in [0.1, 0.15) is 16.8 Å². The molecule has 0 aliphatic heterocycles. The van der Waals surface area contributed by atoms with Gasteiger partial charge >= 0.3 is 0 Å². The number of nitrogens with zero attached hydrogens (tertiary/aromatic N) is 1. The lowest BCUT2D eigenvalue weighted by Crippen LogP contribution is -2.11. The second-order valence-electron chi connectivity index (χ2n) is 2.96. The summed E-state index contributed by atoms with van der Waals surface area (Å²) in [4.78, 5) is 21.8. The average Bonchev–Trinajstić information content (AvgIpc) is 2.29. The number of benzene rings is 1. The first kappa shape index (κ1) is 11.7. The number of aldehydes is 1. The Hall–Kier alpha value is -2.35. The molecule has 0 unspecified atom stereocenters. The van der Waals surface area contributed by atoms with Crippen LogP contribution in [0.3, 0.4) is 0 Å². The number of amides is 1. The van der Waals surface area contributed by atoms with Gasteiger partial charge in [-0.3, -0.25) is 9.59 Å². The van der Waals surface area contributed by atoms with Gasteiger partial charge in [0.1, 0.15) is 18.5 Å². The predicted molar refractivity (Wildman–Crippen MR) is 57.2 cm³/mol. The minimum absolute atomic E-state index is 0.242. The van der Waals surface area contributed by atoms with E-state index in [4.69, 9.17) is 10.00 Å². The first-order valence-electron chi connectivity index (χ1n) is 4.51. The first-order chi connectivity index (χ1) is 7.71. The molecule has 1 amide bonds. The monoisotopic (exact) mass is 218 g/mol. The van der Waals surface area contributed by atoms with Crippen LogP contribution in [0, 0.1) is 11.3 Å². The molecule has 0 bridgehead atoms. The van der Waals surface area contributed by atoms with Crippen LogP contribution in [0.25, 0.3) is 0 Å². The minimum Gasteiger partial charge on any atom is -0.495 e. The van der Waals surface area contributed by atoms with Crippen molar-refractivity contribution in [2.45, 2.75) is 6.42 Å². The molecule has 0 heterocycles. The van der Waals surface area contributed by atoms with Gasteiger partial charge in [0.2, 0.25) is 5.91 Å². The van der Waals surface area contributed by atoms with Crippen LogP contribution >= 0.6 is 0 Å². The first-order valence-corrected chi connectivity index (χ1v) is 4.51. The Morgan fingerprint density at radius 2 is 2.38 bits per heavy atom. The van der Waals surface area contributed by atoms with Gasteiger partial charge in [-0.1, -0.05) is 0 Å². The average molecular weight is 218 g/mol. The largest absolute Gasteiger partial charge is 0.495 e. The van der Waals surface area contributed by atoms with Crippen molar-refractivity contribution in [2.75, 3.05) is 12.4 Å². The van der Waals surface area contributed by atoms with Crippen molar-refractivity contribution in [1.82, 2.24) is 0 Å². The summed E-state index contributed by atoms with van der Waals surface area (Å²) in [5.41, 5.74) is 0.806. The van der Waals surface area contributed by atoms with Gasteiger partial charge in [0.25, 0.3) is 0 Å². The number of rotatable bonds is 4. The van der Waals surface area contributed by atoms with Crippen LogP contribution in [0.15, 0.2) is 18.2 Å². The number of hydrogen-bond donors (Lipinski definition) is 1. The van der Waals surface area contributed by atoms with E-state index >= 15 is 0 Å². The van der Waals surface area contributed by atoms with E-state index < -0.39 is 5.91 Å². The molecule has 0 aromatic heterocycles. The molecule has 0 saturated heterocycles. The highest BCUT2D eigenvalue weighted by Crippen LogP contribution is 2.24. The van der Waals surface area contributed by atoms with Crippen LogP contribution in [-0.4, -0.2) is 19.3 Å². The quantitative estimate of drug-likeness (QED) is 0.774. The molecule has 5 nitrogen and oxygen atoms in total. The van der Waals surface area contributed by atoms with E-state index in [1.165, 1.54) is 13.2 Å². The third kappa shape index (κ3) is 2.82. The smallest absolute Gasteiger partial charge is 0.238 e. The second kappa shape index (κ2) is 5.51. The van der Waals surface area contributed by atoms with Gasteiger partial charge in [0.05, 0.1) is 18.9 Å². The number of hydrogen-bond acceptors (Lipinski definition) is 4. The van der Waals surface area contributed by atoms with Crippen molar-refractivity contribution in [3.63, 3.8) is 0 Å². The van der Waals surface area contributed by atoms with E-state index in [2.05, 4.69) is 5.32 Å². The highest BCUT2D eigenvalue weighted by atomic mass is 16.5.